The normalized spacial score (nSPS) is 11.4. The number of nitrogens with zero attached hydrogens (tertiary/aromatic N) is 1. The summed E-state index contributed by atoms with van der Waals surface area (Å²) in [5, 5.41) is 9.94. The van der Waals surface area contributed by atoms with Gasteiger partial charge in [0.05, 0.1) is 0 Å². The Kier molecular flexibility index (Phi) is 4.46. The van der Waals surface area contributed by atoms with Gasteiger partial charge in [0.1, 0.15) is 5.69 Å². The smallest absolute Gasteiger partial charge is 0.271 e. The van der Waals surface area contributed by atoms with Crippen molar-refractivity contribution in [2.24, 2.45) is 0 Å². The highest BCUT2D eigenvalue weighted by atomic mass is 16.1. The van der Waals surface area contributed by atoms with Crippen molar-refractivity contribution < 1.29 is 4.79 Å². The van der Waals surface area contributed by atoms with Gasteiger partial charge in [0.15, 0.2) is 0 Å². The maximum Gasteiger partial charge on any atom is 0.271 e. The molecular weight excluding hydrogens is 262 g/mol. The van der Waals surface area contributed by atoms with Gasteiger partial charge in [-0.05, 0) is 30.5 Å². The highest BCUT2D eigenvalue weighted by molar-refractivity contribution is 5.92. The molecule has 112 valence electrons. The summed E-state index contributed by atoms with van der Waals surface area (Å²) in [5.41, 5.74) is 3.89. The van der Waals surface area contributed by atoms with Crippen molar-refractivity contribution >= 4 is 5.91 Å². The molecule has 0 aliphatic heterocycles. The molecule has 4 heteroatoms. The first-order valence-corrected chi connectivity index (χ1v) is 7.26. The van der Waals surface area contributed by atoms with Crippen LogP contribution in [0.3, 0.4) is 0 Å². The van der Waals surface area contributed by atoms with Gasteiger partial charge < -0.3 is 5.32 Å². The van der Waals surface area contributed by atoms with E-state index in [9.17, 15) is 4.79 Å². The van der Waals surface area contributed by atoms with Gasteiger partial charge in [0.2, 0.25) is 0 Å². The molecular formula is C17H23N3O. The zero-order valence-electron chi connectivity index (χ0n) is 13.2. The first kappa shape index (κ1) is 15.3. The SMILES string of the molecule is Cc1ccccc1CCNC(=O)c1cc(C(C)(C)C)[nH]n1. The zero-order chi connectivity index (χ0) is 15.5. The minimum atomic E-state index is -0.129. The fourth-order valence-electron chi connectivity index (χ4n) is 2.11. The Morgan fingerprint density at radius 1 is 1.29 bits per heavy atom. The van der Waals surface area contributed by atoms with Crippen molar-refractivity contribution in [1.82, 2.24) is 15.5 Å². The van der Waals surface area contributed by atoms with E-state index in [4.69, 9.17) is 0 Å². The van der Waals surface area contributed by atoms with Gasteiger partial charge in [-0.3, -0.25) is 9.89 Å². The number of H-pyrrole nitrogens is 1. The summed E-state index contributed by atoms with van der Waals surface area (Å²) in [6.07, 6.45) is 0.828. The quantitative estimate of drug-likeness (QED) is 0.907. The van der Waals surface area contributed by atoms with Crippen molar-refractivity contribution in [3.63, 3.8) is 0 Å². The van der Waals surface area contributed by atoms with Crippen LogP contribution < -0.4 is 5.32 Å². The minimum absolute atomic E-state index is 0.0350. The van der Waals surface area contributed by atoms with Crippen LogP contribution in [0.2, 0.25) is 0 Å². The predicted molar refractivity (Wildman–Crippen MR) is 84.5 cm³/mol. The Morgan fingerprint density at radius 2 is 2.00 bits per heavy atom. The topological polar surface area (TPSA) is 57.8 Å². The molecule has 0 saturated carbocycles. The average Bonchev–Trinajstić information content (AvgIpc) is 2.90. The molecule has 0 saturated heterocycles. The van der Waals surface area contributed by atoms with Crippen LogP contribution in [0.25, 0.3) is 0 Å². The molecule has 1 aromatic heterocycles. The van der Waals surface area contributed by atoms with Gasteiger partial charge in [0.25, 0.3) is 5.91 Å². The largest absolute Gasteiger partial charge is 0.350 e. The van der Waals surface area contributed by atoms with E-state index < -0.39 is 0 Å². The highest BCUT2D eigenvalue weighted by Crippen LogP contribution is 2.20. The second-order valence-electron chi connectivity index (χ2n) is 6.35. The van der Waals surface area contributed by atoms with E-state index in [1.807, 2.05) is 18.2 Å². The van der Waals surface area contributed by atoms with Crippen LogP contribution in [0.15, 0.2) is 30.3 Å². The minimum Gasteiger partial charge on any atom is -0.350 e. The number of rotatable bonds is 4. The summed E-state index contributed by atoms with van der Waals surface area (Å²) in [6.45, 7) is 8.95. The first-order chi connectivity index (χ1) is 9.88. The van der Waals surface area contributed by atoms with Crippen molar-refractivity contribution in [1.29, 1.82) is 0 Å². The van der Waals surface area contributed by atoms with Crippen LogP contribution in [0.1, 0.15) is 48.1 Å². The molecule has 1 aromatic carbocycles. The highest BCUT2D eigenvalue weighted by Gasteiger charge is 2.19. The molecule has 0 unspecified atom stereocenters. The average molecular weight is 285 g/mol. The van der Waals surface area contributed by atoms with Gasteiger partial charge >= 0.3 is 0 Å². The third kappa shape index (κ3) is 3.94. The molecule has 21 heavy (non-hydrogen) atoms. The molecule has 1 amide bonds. The lowest BCUT2D eigenvalue weighted by atomic mass is 9.92. The summed E-state index contributed by atoms with van der Waals surface area (Å²) < 4.78 is 0. The second-order valence-corrected chi connectivity index (χ2v) is 6.35. The molecule has 0 bridgehead atoms. The summed E-state index contributed by atoms with van der Waals surface area (Å²) in [5.74, 6) is -0.129. The number of aromatic nitrogens is 2. The Morgan fingerprint density at radius 3 is 2.62 bits per heavy atom. The molecule has 2 rings (SSSR count). The lowest BCUT2D eigenvalue weighted by Crippen LogP contribution is -2.26. The van der Waals surface area contributed by atoms with E-state index in [2.05, 4.69) is 55.3 Å². The molecule has 0 aliphatic rings. The molecule has 0 radical (unpaired) electrons. The van der Waals surface area contributed by atoms with Crippen molar-refractivity contribution in [3.8, 4) is 0 Å². The van der Waals surface area contributed by atoms with E-state index >= 15 is 0 Å². The Bertz CT molecular complexity index is 623. The van der Waals surface area contributed by atoms with Gasteiger partial charge in [0, 0.05) is 17.7 Å². The number of hydrogen-bond acceptors (Lipinski definition) is 2. The number of hydrogen-bond donors (Lipinski definition) is 2. The standard InChI is InChI=1S/C17H23N3O/c1-12-7-5-6-8-13(12)9-10-18-16(21)14-11-15(20-19-14)17(2,3)4/h5-8,11H,9-10H2,1-4H3,(H,18,21)(H,19,20). The first-order valence-electron chi connectivity index (χ1n) is 7.26. The summed E-state index contributed by atoms with van der Waals surface area (Å²) in [4.78, 5) is 12.1. The van der Waals surface area contributed by atoms with Crippen LogP contribution in [-0.2, 0) is 11.8 Å². The van der Waals surface area contributed by atoms with Crippen LogP contribution in [0, 0.1) is 6.92 Å². The molecule has 4 nitrogen and oxygen atoms in total. The number of carbonyl (C=O) groups excluding carboxylic acids is 1. The lowest BCUT2D eigenvalue weighted by molar-refractivity contribution is 0.0949. The van der Waals surface area contributed by atoms with Crippen molar-refractivity contribution in [2.45, 2.75) is 39.5 Å². The molecule has 0 aliphatic carbocycles. The number of benzene rings is 1. The Balaban J connectivity index is 1.91. The number of nitrogens with one attached hydrogen (secondary N) is 2. The van der Waals surface area contributed by atoms with E-state index in [0.29, 0.717) is 12.2 Å². The van der Waals surface area contributed by atoms with Gasteiger partial charge in [-0.2, -0.15) is 5.10 Å². The third-order valence-electron chi connectivity index (χ3n) is 3.56. The van der Waals surface area contributed by atoms with Crippen LogP contribution in [-0.4, -0.2) is 22.6 Å². The number of aryl methyl sites for hydroxylation is 1. The fraction of sp³-hybridized carbons (Fsp3) is 0.412. The van der Waals surface area contributed by atoms with Gasteiger partial charge in [-0.15, -0.1) is 0 Å². The van der Waals surface area contributed by atoms with Gasteiger partial charge in [-0.25, -0.2) is 0 Å². The van der Waals surface area contributed by atoms with Crippen molar-refractivity contribution in [2.75, 3.05) is 6.54 Å². The summed E-state index contributed by atoms with van der Waals surface area (Å²) in [7, 11) is 0. The third-order valence-corrected chi connectivity index (χ3v) is 3.56. The zero-order valence-corrected chi connectivity index (χ0v) is 13.2. The number of aromatic amines is 1. The fourth-order valence-corrected chi connectivity index (χ4v) is 2.11. The molecule has 1 heterocycles. The van der Waals surface area contributed by atoms with E-state index in [0.717, 1.165) is 12.1 Å². The molecule has 0 spiro atoms. The molecule has 0 fully saturated rings. The van der Waals surface area contributed by atoms with E-state index in [1.54, 1.807) is 0 Å². The monoisotopic (exact) mass is 285 g/mol. The Labute approximate surface area is 126 Å². The predicted octanol–water partition coefficient (Wildman–Crippen LogP) is 2.99. The summed E-state index contributed by atoms with van der Waals surface area (Å²) >= 11 is 0. The lowest BCUT2D eigenvalue weighted by Gasteiger charge is -2.14. The van der Waals surface area contributed by atoms with Gasteiger partial charge in [-0.1, -0.05) is 45.0 Å². The molecule has 2 N–H and O–H groups in total. The summed E-state index contributed by atoms with van der Waals surface area (Å²) in [6, 6.07) is 10.0. The van der Waals surface area contributed by atoms with Crippen LogP contribution >= 0.6 is 0 Å². The maximum atomic E-state index is 12.1. The molecule has 0 atom stereocenters. The van der Waals surface area contributed by atoms with Crippen LogP contribution in [0.4, 0.5) is 0 Å². The maximum absolute atomic E-state index is 12.1. The van der Waals surface area contributed by atoms with E-state index in [1.165, 1.54) is 11.1 Å². The molecule has 2 aromatic rings. The number of amides is 1. The Hall–Kier alpha value is -2.10. The van der Waals surface area contributed by atoms with E-state index in [-0.39, 0.29) is 11.3 Å². The van der Waals surface area contributed by atoms with Crippen LogP contribution in [0.5, 0.6) is 0 Å². The number of carbonyl (C=O) groups is 1. The van der Waals surface area contributed by atoms with Crippen molar-refractivity contribution in [3.05, 3.63) is 52.8 Å². The second kappa shape index (κ2) is 6.12.